The summed E-state index contributed by atoms with van der Waals surface area (Å²) in [6, 6.07) is 5.40. The standard InChI is InChI=1S/C13H14N4O2/c18-13(19)11-12(10-3-1-2-7-14-10)17(16-15-11)8-6-9-4-5-9/h1-3,7,9H,4-6,8H2,(H,18,19). The molecular formula is C13H14N4O2. The Morgan fingerprint density at radius 1 is 1.42 bits per heavy atom. The summed E-state index contributed by atoms with van der Waals surface area (Å²) in [5.41, 5.74) is 1.06. The van der Waals surface area contributed by atoms with E-state index in [1.54, 1.807) is 23.0 Å². The lowest BCUT2D eigenvalue weighted by atomic mass is 10.2. The molecule has 0 atom stereocenters. The van der Waals surface area contributed by atoms with Crippen LogP contribution < -0.4 is 0 Å². The summed E-state index contributed by atoms with van der Waals surface area (Å²) in [6.45, 7) is 0.691. The molecule has 0 saturated heterocycles. The summed E-state index contributed by atoms with van der Waals surface area (Å²) in [4.78, 5) is 15.4. The Morgan fingerprint density at radius 2 is 2.26 bits per heavy atom. The highest BCUT2D eigenvalue weighted by atomic mass is 16.4. The smallest absolute Gasteiger partial charge is 0.358 e. The van der Waals surface area contributed by atoms with Crippen LogP contribution in [0.3, 0.4) is 0 Å². The lowest BCUT2D eigenvalue weighted by molar-refractivity contribution is 0.0691. The molecule has 0 radical (unpaired) electrons. The van der Waals surface area contributed by atoms with Crippen LogP contribution in [0.5, 0.6) is 0 Å². The monoisotopic (exact) mass is 258 g/mol. The fraction of sp³-hybridized carbons (Fsp3) is 0.385. The predicted molar refractivity (Wildman–Crippen MR) is 67.6 cm³/mol. The Bertz CT molecular complexity index is 590. The van der Waals surface area contributed by atoms with Gasteiger partial charge in [0.15, 0.2) is 5.69 Å². The molecule has 0 spiro atoms. The molecule has 0 unspecified atom stereocenters. The maximum absolute atomic E-state index is 11.2. The highest BCUT2D eigenvalue weighted by Gasteiger charge is 2.24. The molecule has 1 fully saturated rings. The molecular weight excluding hydrogens is 244 g/mol. The minimum Gasteiger partial charge on any atom is -0.476 e. The quantitative estimate of drug-likeness (QED) is 0.885. The molecule has 1 N–H and O–H groups in total. The van der Waals surface area contributed by atoms with Crippen molar-refractivity contribution in [3.8, 4) is 11.4 Å². The molecule has 1 aliphatic rings. The number of carboxylic acids is 1. The molecule has 2 aromatic rings. The number of hydrogen-bond acceptors (Lipinski definition) is 4. The van der Waals surface area contributed by atoms with Gasteiger partial charge in [-0.05, 0) is 24.5 Å². The summed E-state index contributed by atoms with van der Waals surface area (Å²) >= 11 is 0. The first-order chi connectivity index (χ1) is 9.25. The van der Waals surface area contributed by atoms with E-state index in [1.165, 1.54) is 12.8 Å². The maximum atomic E-state index is 11.2. The number of aromatic nitrogens is 4. The Kier molecular flexibility index (Phi) is 2.98. The van der Waals surface area contributed by atoms with E-state index in [9.17, 15) is 9.90 Å². The lowest BCUT2D eigenvalue weighted by Crippen LogP contribution is -2.06. The molecule has 0 amide bonds. The third kappa shape index (κ3) is 2.47. The van der Waals surface area contributed by atoms with Crippen LogP contribution in [0.1, 0.15) is 29.8 Å². The van der Waals surface area contributed by atoms with Gasteiger partial charge in [-0.15, -0.1) is 5.10 Å². The van der Waals surface area contributed by atoms with Gasteiger partial charge in [0.1, 0.15) is 5.69 Å². The zero-order valence-electron chi connectivity index (χ0n) is 10.4. The number of carbonyl (C=O) groups is 1. The number of pyridine rings is 1. The second-order valence-corrected chi connectivity index (χ2v) is 4.76. The fourth-order valence-corrected chi connectivity index (χ4v) is 2.08. The van der Waals surface area contributed by atoms with E-state index in [0.29, 0.717) is 17.9 Å². The largest absolute Gasteiger partial charge is 0.476 e. The van der Waals surface area contributed by atoms with E-state index in [2.05, 4.69) is 15.3 Å². The molecule has 0 bridgehead atoms. The van der Waals surface area contributed by atoms with Gasteiger partial charge in [0, 0.05) is 12.7 Å². The van der Waals surface area contributed by atoms with Crippen molar-refractivity contribution in [3.63, 3.8) is 0 Å². The zero-order valence-corrected chi connectivity index (χ0v) is 10.4. The van der Waals surface area contributed by atoms with Crippen molar-refractivity contribution in [2.75, 3.05) is 0 Å². The van der Waals surface area contributed by atoms with Gasteiger partial charge in [0.05, 0.1) is 5.69 Å². The van der Waals surface area contributed by atoms with Crippen LogP contribution in [-0.4, -0.2) is 31.1 Å². The van der Waals surface area contributed by atoms with Gasteiger partial charge in [-0.3, -0.25) is 4.98 Å². The zero-order chi connectivity index (χ0) is 13.2. The van der Waals surface area contributed by atoms with Crippen molar-refractivity contribution in [1.29, 1.82) is 0 Å². The second kappa shape index (κ2) is 4.79. The summed E-state index contributed by atoms with van der Waals surface area (Å²) in [5, 5.41) is 16.9. The van der Waals surface area contributed by atoms with Crippen LogP contribution >= 0.6 is 0 Å². The maximum Gasteiger partial charge on any atom is 0.358 e. The molecule has 98 valence electrons. The lowest BCUT2D eigenvalue weighted by Gasteiger charge is -2.05. The average molecular weight is 258 g/mol. The fourth-order valence-electron chi connectivity index (χ4n) is 2.08. The van der Waals surface area contributed by atoms with Crippen LogP contribution in [0, 0.1) is 5.92 Å². The van der Waals surface area contributed by atoms with Crippen LogP contribution in [-0.2, 0) is 6.54 Å². The number of hydrogen-bond donors (Lipinski definition) is 1. The molecule has 2 aromatic heterocycles. The van der Waals surface area contributed by atoms with Crippen LogP contribution in [0.2, 0.25) is 0 Å². The number of aryl methyl sites for hydroxylation is 1. The van der Waals surface area contributed by atoms with Gasteiger partial charge in [-0.2, -0.15) is 0 Å². The molecule has 2 heterocycles. The van der Waals surface area contributed by atoms with Crippen LogP contribution in [0.15, 0.2) is 24.4 Å². The highest BCUT2D eigenvalue weighted by molar-refractivity contribution is 5.92. The van der Waals surface area contributed by atoms with E-state index in [0.717, 1.165) is 12.3 Å². The van der Waals surface area contributed by atoms with Crippen molar-refractivity contribution in [1.82, 2.24) is 20.0 Å². The first-order valence-corrected chi connectivity index (χ1v) is 6.34. The van der Waals surface area contributed by atoms with Crippen molar-refractivity contribution >= 4 is 5.97 Å². The van der Waals surface area contributed by atoms with E-state index in [4.69, 9.17) is 0 Å². The van der Waals surface area contributed by atoms with Crippen molar-refractivity contribution < 1.29 is 9.90 Å². The van der Waals surface area contributed by atoms with E-state index in [1.807, 2.05) is 6.07 Å². The first kappa shape index (κ1) is 11.8. The van der Waals surface area contributed by atoms with E-state index >= 15 is 0 Å². The molecule has 3 rings (SSSR count). The average Bonchev–Trinajstić information content (AvgIpc) is 3.15. The predicted octanol–water partition coefficient (Wildman–Crippen LogP) is 1.84. The Hall–Kier alpha value is -2.24. The number of rotatable bonds is 5. The van der Waals surface area contributed by atoms with Gasteiger partial charge < -0.3 is 5.11 Å². The summed E-state index contributed by atoms with van der Waals surface area (Å²) < 4.78 is 1.66. The number of nitrogens with zero attached hydrogens (tertiary/aromatic N) is 4. The van der Waals surface area contributed by atoms with Gasteiger partial charge in [-0.25, -0.2) is 9.48 Å². The van der Waals surface area contributed by atoms with Crippen molar-refractivity contribution in [2.45, 2.75) is 25.8 Å². The Morgan fingerprint density at radius 3 is 2.89 bits per heavy atom. The minimum atomic E-state index is -1.07. The van der Waals surface area contributed by atoms with E-state index < -0.39 is 5.97 Å². The minimum absolute atomic E-state index is 0.0329. The van der Waals surface area contributed by atoms with Gasteiger partial charge >= 0.3 is 5.97 Å². The third-order valence-corrected chi connectivity index (χ3v) is 3.29. The third-order valence-electron chi connectivity index (χ3n) is 3.29. The van der Waals surface area contributed by atoms with Crippen LogP contribution in [0.4, 0.5) is 0 Å². The second-order valence-electron chi connectivity index (χ2n) is 4.76. The Labute approximate surface area is 110 Å². The van der Waals surface area contributed by atoms with Gasteiger partial charge in [0.25, 0.3) is 0 Å². The summed E-state index contributed by atoms with van der Waals surface area (Å²) in [6.07, 6.45) is 5.18. The van der Waals surface area contributed by atoms with Crippen molar-refractivity contribution in [3.05, 3.63) is 30.1 Å². The van der Waals surface area contributed by atoms with E-state index in [-0.39, 0.29) is 5.69 Å². The van der Waals surface area contributed by atoms with Crippen molar-refractivity contribution in [2.24, 2.45) is 5.92 Å². The SMILES string of the molecule is O=C(O)c1nnn(CCC2CC2)c1-c1ccccn1. The number of carboxylic acid groups (broad SMARTS) is 1. The Balaban J connectivity index is 1.97. The topological polar surface area (TPSA) is 80.9 Å². The number of aromatic carboxylic acids is 1. The molecule has 0 aliphatic heterocycles. The normalized spacial score (nSPS) is 14.5. The molecule has 6 heteroatoms. The first-order valence-electron chi connectivity index (χ1n) is 6.34. The van der Waals surface area contributed by atoms with Crippen LogP contribution in [0.25, 0.3) is 11.4 Å². The molecule has 1 saturated carbocycles. The molecule has 6 nitrogen and oxygen atoms in total. The van der Waals surface area contributed by atoms with Gasteiger partial charge in [-0.1, -0.05) is 24.1 Å². The summed E-state index contributed by atoms with van der Waals surface area (Å²) in [7, 11) is 0. The molecule has 0 aromatic carbocycles. The van der Waals surface area contributed by atoms with Gasteiger partial charge in [0.2, 0.25) is 0 Å². The molecule has 19 heavy (non-hydrogen) atoms. The molecule has 1 aliphatic carbocycles. The highest BCUT2D eigenvalue weighted by Crippen LogP contribution is 2.33. The summed E-state index contributed by atoms with van der Waals surface area (Å²) in [5.74, 6) is -0.313.